The molecule has 2 unspecified atom stereocenters. The molecule has 2 heterocycles. The molecule has 0 radical (unpaired) electrons. The number of fused-ring (bicyclic) bond motifs is 2. The minimum absolute atomic E-state index is 0.0702. The fourth-order valence-electron chi connectivity index (χ4n) is 9.77. The van der Waals surface area contributed by atoms with Gasteiger partial charge in [0.05, 0.1) is 29.8 Å². The average molecular weight is 498 g/mol. The Morgan fingerprint density at radius 1 is 1.05 bits per heavy atom. The van der Waals surface area contributed by atoms with Crippen LogP contribution in [0.1, 0.15) is 90.5 Å². The van der Waals surface area contributed by atoms with E-state index in [-0.39, 0.29) is 33.3 Å². The van der Waals surface area contributed by atoms with E-state index < -0.39 is 0 Å². The third-order valence-electron chi connectivity index (χ3n) is 11.8. The van der Waals surface area contributed by atoms with Gasteiger partial charge in [-0.1, -0.05) is 61.5 Å². The zero-order chi connectivity index (χ0) is 25.6. The predicted octanol–water partition coefficient (Wildman–Crippen LogP) is 8.19. The first kappa shape index (κ1) is 24.1. The number of hydrogen-bond donors (Lipinski definition) is 0. The normalized spacial score (nSPS) is 40.0. The number of quaternary nitrogens is 1. The minimum Gasteiger partial charge on any atom is -0.632 e. The Labute approximate surface area is 222 Å². The van der Waals surface area contributed by atoms with Crippen LogP contribution in [0.25, 0.3) is 10.8 Å². The van der Waals surface area contributed by atoms with Crippen molar-refractivity contribution in [3.63, 3.8) is 0 Å². The summed E-state index contributed by atoms with van der Waals surface area (Å²) in [7, 11) is 0. The topological polar surface area (TPSA) is 32.3 Å². The predicted molar refractivity (Wildman–Crippen MR) is 151 cm³/mol. The Kier molecular flexibility index (Phi) is 5.24. The molecule has 2 aromatic carbocycles. The number of ether oxygens (including phenoxy) is 1. The van der Waals surface area contributed by atoms with Crippen LogP contribution < -0.4 is 0 Å². The fraction of sp³-hybridized carbons (Fsp3) is 0.588. The molecule has 196 valence electrons. The first-order valence-corrected chi connectivity index (χ1v) is 14.9. The zero-order valence-electron chi connectivity index (χ0n) is 23.1. The summed E-state index contributed by atoms with van der Waals surface area (Å²) in [6.07, 6.45) is 13.8. The summed E-state index contributed by atoms with van der Waals surface area (Å²) in [6.45, 7) is 9.50. The second-order valence-electron chi connectivity index (χ2n) is 13.5. The van der Waals surface area contributed by atoms with Crippen LogP contribution in [0.5, 0.6) is 0 Å². The first-order chi connectivity index (χ1) is 17.7. The summed E-state index contributed by atoms with van der Waals surface area (Å²) in [5, 5.41) is 16.6. The molecule has 37 heavy (non-hydrogen) atoms. The minimum atomic E-state index is -0.211. The molecule has 1 saturated heterocycles. The van der Waals surface area contributed by atoms with E-state index >= 15 is 0 Å². The standard InChI is InChI=1S/C34H43NO2/c1-5-35(36,23(2)3)29-13-12-27-21-28-16-17-32(4)30(26-11-10-24-8-6-7-9-25(24)20-26)14-15-31(32)34(28)19-18-33(27,22-29)37-34/h6-11,16,20-21,23,29-31H,5,12-15,17-19,22H2,1-4H3/t29-,30+,31+,32+,33+,34?,35?/m0/s1. The Morgan fingerprint density at radius 2 is 1.86 bits per heavy atom. The maximum absolute atomic E-state index is 13.9. The Balaban J connectivity index is 1.24. The van der Waals surface area contributed by atoms with Gasteiger partial charge in [0.1, 0.15) is 0 Å². The van der Waals surface area contributed by atoms with Crippen molar-refractivity contribution in [3.8, 4) is 0 Å². The molecule has 3 nitrogen and oxygen atoms in total. The molecule has 7 atom stereocenters. The van der Waals surface area contributed by atoms with E-state index in [1.165, 1.54) is 40.3 Å². The molecule has 5 aliphatic rings. The van der Waals surface area contributed by atoms with Gasteiger partial charge in [-0.15, -0.1) is 0 Å². The van der Waals surface area contributed by atoms with Crippen LogP contribution in [0.2, 0.25) is 0 Å². The highest BCUT2D eigenvalue weighted by molar-refractivity contribution is 5.83. The highest BCUT2D eigenvalue weighted by Gasteiger charge is 2.67. The molecule has 7 rings (SSSR count). The summed E-state index contributed by atoms with van der Waals surface area (Å²) in [6, 6.07) is 16.2. The number of hydrogen-bond acceptors (Lipinski definition) is 2. The van der Waals surface area contributed by atoms with Crippen molar-refractivity contribution >= 4 is 10.8 Å². The molecule has 2 spiro atoms. The van der Waals surface area contributed by atoms with E-state index in [0.29, 0.717) is 18.4 Å². The van der Waals surface area contributed by atoms with Crippen molar-refractivity contribution < 1.29 is 9.38 Å². The molecular formula is C34H43NO2. The van der Waals surface area contributed by atoms with Crippen LogP contribution in [0.15, 0.2) is 65.8 Å². The molecule has 0 N–H and O–H groups in total. The molecule has 0 aromatic heterocycles. The lowest BCUT2D eigenvalue weighted by molar-refractivity contribution is -0.925. The Morgan fingerprint density at radius 3 is 2.65 bits per heavy atom. The van der Waals surface area contributed by atoms with Crippen molar-refractivity contribution in [2.75, 3.05) is 6.54 Å². The van der Waals surface area contributed by atoms with Gasteiger partial charge >= 0.3 is 0 Å². The first-order valence-electron chi connectivity index (χ1n) is 14.9. The molecule has 0 amide bonds. The number of allylic oxidation sites excluding steroid dienone is 1. The van der Waals surface area contributed by atoms with Gasteiger partial charge in [0.2, 0.25) is 0 Å². The second-order valence-corrected chi connectivity index (χ2v) is 13.5. The SMILES string of the molecule is CC[N+]([O-])(C(C)C)[C@H]1CCC2=CC3=CC[C@]4(C)[C@@H](c5ccc6ccccc6c5)CC[C@H]4C34CC[C@]2(C1)O4. The molecule has 2 saturated carbocycles. The maximum Gasteiger partial charge on any atom is 0.0975 e. The molecule has 3 heteroatoms. The summed E-state index contributed by atoms with van der Waals surface area (Å²) in [5.41, 5.74) is 4.30. The molecule has 3 fully saturated rings. The molecule has 2 bridgehead atoms. The van der Waals surface area contributed by atoms with Gasteiger partial charge in [0, 0.05) is 12.8 Å². The second kappa shape index (κ2) is 8.04. The van der Waals surface area contributed by atoms with E-state index in [9.17, 15) is 5.21 Å². The maximum atomic E-state index is 13.9. The molecule has 2 aromatic rings. The van der Waals surface area contributed by atoms with Crippen molar-refractivity contribution in [3.05, 3.63) is 76.5 Å². The number of rotatable bonds is 4. The highest BCUT2D eigenvalue weighted by Crippen LogP contribution is 2.69. The van der Waals surface area contributed by atoms with Gasteiger partial charge in [0.25, 0.3) is 0 Å². The van der Waals surface area contributed by atoms with E-state index in [1.807, 2.05) is 0 Å². The zero-order valence-corrected chi connectivity index (χ0v) is 23.1. The van der Waals surface area contributed by atoms with Crippen LogP contribution in [-0.2, 0) is 4.74 Å². The van der Waals surface area contributed by atoms with Gasteiger partial charge < -0.3 is 14.6 Å². The highest BCUT2D eigenvalue weighted by atomic mass is 16.6. The molecule has 2 aliphatic heterocycles. The average Bonchev–Trinajstić information content (AvgIpc) is 3.42. The fourth-order valence-corrected chi connectivity index (χ4v) is 9.77. The van der Waals surface area contributed by atoms with Gasteiger partial charge in [0.15, 0.2) is 0 Å². The van der Waals surface area contributed by atoms with Crippen LogP contribution in [0, 0.1) is 16.5 Å². The Hall–Kier alpha value is -1.94. The lowest BCUT2D eigenvalue weighted by Crippen LogP contribution is -2.61. The Bertz CT molecular complexity index is 1310. The van der Waals surface area contributed by atoms with Crippen LogP contribution in [-0.4, -0.2) is 34.5 Å². The van der Waals surface area contributed by atoms with E-state index in [0.717, 1.165) is 38.5 Å². The number of hydroxylamine groups is 3. The van der Waals surface area contributed by atoms with Crippen molar-refractivity contribution in [1.29, 1.82) is 0 Å². The summed E-state index contributed by atoms with van der Waals surface area (Å²) in [4.78, 5) is 0. The summed E-state index contributed by atoms with van der Waals surface area (Å²) < 4.78 is 7.41. The summed E-state index contributed by atoms with van der Waals surface area (Å²) >= 11 is 0. The van der Waals surface area contributed by atoms with Crippen molar-refractivity contribution in [2.45, 2.75) is 108 Å². The third kappa shape index (κ3) is 3.17. The van der Waals surface area contributed by atoms with Crippen LogP contribution in [0.4, 0.5) is 0 Å². The van der Waals surface area contributed by atoms with Crippen molar-refractivity contribution in [2.24, 2.45) is 11.3 Å². The molecule has 3 aliphatic carbocycles. The number of benzene rings is 2. The monoisotopic (exact) mass is 497 g/mol. The smallest absolute Gasteiger partial charge is 0.0975 e. The van der Waals surface area contributed by atoms with Gasteiger partial charge in [-0.05, 0) is 104 Å². The molecular weight excluding hydrogens is 454 g/mol. The van der Waals surface area contributed by atoms with Crippen LogP contribution >= 0.6 is 0 Å². The van der Waals surface area contributed by atoms with E-state index in [1.54, 1.807) is 0 Å². The van der Waals surface area contributed by atoms with Gasteiger partial charge in [-0.2, -0.15) is 0 Å². The van der Waals surface area contributed by atoms with Gasteiger partial charge in [-0.3, -0.25) is 0 Å². The van der Waals surface area contributed by atoms with Crippen LogP contribution in [0.3, 0.4) is 0 Å². The third-order valence-corrected chi connectivity index (χ3v) is 11.8. The van der Waals surface area contributed by atoms with Gasteiger partial charge in [-0.25, -0.2) is 0 Å². The summed E-state index contributed by atoms with van der Waals surface area (Å²) in [5.74, 6) is 1.10. The lowest BCUT2D eigenvalue weighted by Gasteiger charge is -2.58. The van der Waals surface area contributed by atoms with Crippen molar-refractivity contribution in [1.82, 2.24) is 0 Å². The quantitative estimate of drug-likeness (QED) is 0.315. The van der Waals surface area contributed by atoms with E-state index in [4.69, 9.17) is 4.74 Å². The largest absolute Gasteiger partial charge is 0.632 e. The lowest BCUT2D eigenvalue weighted by atomic mass is 9.58. The number of nitrogens with zero attached hydrogens (tertiary/aromatic N) is 1. The van der Waals surface area contributed by atoms with E-state index in [2.05, 4.69) is 82.3 Å².